The molecule has 0 aromatic carbocycles. The molecule has 0 fully saturated rings. The normalized spacial score (nSPS) is 11.7. The Morgan fingerprint density at radius 2 is 0.425 bits per heavy atom. The maximum absolute atomic E-state index is 13.4. The number of hydrogen-bond donors (Lipinski definition) is 0. The van der Waals surface area contributed by atoms with Crippen LogP contribution in [0, 0.1) is 0 Å². The van der Waals surface area contributed by atoms with Crippen molar-refractivity contribution in [3.63, 3.8) is 0 Å². The quantitative estimate of drug-likeness (QED) is 0.0187. The summed E-state index contributed by atoms with van der Waals surface area (Å²) < 4.78 is 33.4. The maximum atomic E-state index is 13.4. The fourth-order valence-corrected chi connectivity index (χ4v) is 14.8. The second kappa shape index (κ2) is 53.7. The van der Waals surface area contributed by atoms with Gasteiger partial charge in [0.05, 0.1) is 0 Å². The standard InChI is InChI=1S/3C16H28O4.C12H25.Sn/c3*1-2-3-4-5-6-7-8-9-10-11-14-20-16(19)13-12-15(17)18;1-3-5-7-9-11-12-10-8-6-4-2;/h3*12-13H,2-11,14H2,1H3,(H,17,18);1,3-12H2,2H3;/q;;;;+3/p-3/b3*13-12-;;. The SMILES string of the molecule is CCCCCCCCCCCCOC(=O)/C=C\C(=O)[O][Sn]([CH2]CCCCCCCCCCC)([O]C(=O)/C=C\C(=O)OCCCCCCCCCCCC)[O]C(=O)/C=C\C(=O)OCCCCCCCCCCCC. The molecular formula is C60H106O12Sn. The summed E-state index contributed by atoms with van der Waals surface area (Å²) in [4.78, 5) is 78.1. The molecule has 0 aromatic rings. The second-order valence-electron chi connectivity index (χ2n) is 19.9. The van der Waals surface area contributed by atoms with Crippen LogP contribution in [0.3, 0.4) is 0 Å². The molecule has 0 saturated heterocycles. The van der Waals surface area contributed by atoms with E-state index in [1.807, 2.05) is 0 Å². The van der Waals surface area contributed by atoms with Gasteiger partial charge in [-0.2, -0.15) is 0 Å². The van der Waals surface area contributed by atoms with Crippen LogP contribution in [0.5, 0.6) is 0 Å². The van der Waals surface area contributed by atoms with Crippen LogP contribution in [0.15, 0.2) is 36.5 Å². The van der Waals surface area contributed by atoms with Crippen molar-refractivity contribution in [2.24, 2.45) is 0 Å². The van der Waals surface area contributed by atoms with Crippen molar-refractivity contribution in [3.05, 3.63) is 36.5 Å². The van der Waals surface area contributed by atoms with Crippen LogP contribution < -0.4 is 0 Å². The first-order valence-corrected chi connectivity index (χ1v) is 35.4. The van der Waals surface area contributed by atoms with Gasteiger partial charge in [0.1, 0.15) is 0 Å². The summed E-state index contributed by atoms with van der Waals surface area (Å²) in [6.45, 7) is 9.44. The van der Waals surface area contributed by atoms with Crippen LogP contribution in [0.25, 0.3) is 0 Å². The molecule has 13 heteroatoms. The summed E-state index contributed by atoms with van der Waals surface area (Å²) >= 11 is -5.65. The number of ether oxygens (including phenoxy) is 3. The van der Waals surface area contributed by atoms with E-state index in [4.69, 9.17) is 23.4 Å². The van der Waals surface area contributed by atoms with Crippen molar-refractivity contribution in [1.29, 1.82) is 0 Å². The molecule has 0 spiro atoms. The van der Waals surface area contributed by atoms with Gasteiger partial charge in [-0.15, -0.1) is 0 Å². The van der Waals surface area contributed by atoms with Crippen LogP contribution in [-0.2, 0) is 52.2 Å². The van der Waals surface area contributed by atoms with Crippen molar-refractivity contribution in [1.82, 2.24) is 0 Å². The molecule has 0 N–H and O–H groups in total. The first-order valence-electron chi connectivity index (χ1n) is 29.8. The topological polar surface area (TPSA) is 158 Å². The third kappa shape index (κ3) is 49.5. The van der Waals surface area contributed by atoms with Gasteiger partial charge in [0.25, 0.3) is 0 Å². The van der Waals surface area contributed by atoms with Gasteiger partial charge in [0.15, 0.2) is 0 Å². The van der Waals surface area contributed by atoms with E-state index in [2.05, 4.69) is 27.7 Å². The van der Waals surface area contributed by atoms with Crippen molar-refractivity contribution < 1.29 is 52.2 Å². The number of hydrogen-bond acceptors (Lipinski definition) is 12. The van der Waals surface area contributed by atoms with Crippen molar-refractivity contribution in [2.45, 2.75) is 289 Å². The summed E-state index contributed by atoms with van der Waals surface area (Å²) in [5, 5.41) is 0. The number of carbonyl (C=O) groups excluding carboxylic acids is 6. The first-order chi connectivity index (χ1) is 35.6. The second-order valence-corrected chi connectivity index (χ2v) is 27.0. The summed E-state index contributed by atoms with van der Waals surface area (Å²) in [5.74, 6) is -5.39. The van der Waals surface area contributed by atoms with Gasteiger partial charge in [-0.3, -0.25) is 0 Å². The van der Waals surface area contributed by atoms with Gasteiger partial charge in [0, 0.05) is 0 Å². The van der Waals surface area contributed by atoms with Gasteiger partial charge in [-0.05, 0) is 0 Å². The zero-order valence-electron chi connectivity index (χ0n) is 47.0. The zero-order chi connectivity index (χ0) is 53.6. The Labute approximate surface area is 450 Å². The Kier molecular flexibility index (Phi) is 51.3. The molecule has 0 aliphatic rings. The average molecular weight is 1140 g/mol. The van der Waals surface area contributed by atoms with E-state index in [0.29, 0.717) is 32.1 Å². The minimum absolute atomic E-state index is 0.0561. The van der Waals surface area contributed by atoms with Gasteiger partial charge < -0.3 is 0 Å². The van der Waals surface area contributed by atoms with Gasteiger partial charge >= 0.3 is 336 Å². The molecule has 0 amide bonds. The summed E-state index contributed by atoms with van der Waals surface area (Å²) in [5.41, 5.74) is 0. The molecule has 422 valence electrons. The molecule has 0 radical (unpaired) electrons. The molecule has 0 aromatic heterocycles. The minimum atomic E-state index is -5.65. The number of carbonyl (C=O) groups is 6. The average Bonchev–Trinajstić information content (AvgIpc) is 3.37. The summed E-state index contributed by atoms with van der Waals surface area (Å²) in [6, 6.07) is 0. The third-order valence-corrected chi connectivity index (χ3v) is 20.0. The van der Waals surface area contributed by atoms with Crippen LogP contribution in [-0.4, -0.2) is 75.3 Å². The monoisotopic (exact) mass is 1140 g/mol. The zero-order valence-corrected chi connectivity index (χ0v) is 49.8. The molecule has 0 bridgehead atoms. The third-order valence-electron chi connectivity index (χ3n) is 12.9. The molecule has 0 aliphatic carbocycles. The van der Waals surface area contributed by atoms with Crippen LogP contribution in [0.2, 0.25) is 4.44 Å². The van der Waals surface area contributed by atoms with E-state index in [0.717, 1.165) is 120 Å². The molecule has 0 aliphatic heterocycles. The Hall–Kier alpha value is -3.16. The van der Waals surface area contributed by atoms with Crippen LogP contribution >= 0.6 is 0 Å². The Bertz CT molecular complexity index is 1310. The van der Waals surface area contributed by atoms with E-state index in [1.54, 1.807) is 0 Å². The Morgan fingerprint density at radius 3 is 0.644 bits per heavy atom. The fraction of sp³-hybridized carbons (Fsp3) is 0.800. The summed E-state index contributed by atoms with van der Waals surface area (Å²) in [6.07, 6.45) is 49.5. The number of esters is 3. The summed E-state index contributed by atoms with van der Waals surface area (Å²) in [7, 11) is 0. The van der Waals surface area contributed by atoms with E-state index in [9.17, 15) is 28.8 Å². The van der Waals surface area contributed by atoms with Crippen molar-refractivity contribution in [3.8, 4) is 0 Å². The smallest absolute Gasteiger partial charge is 0.0654 e. The number of rotatable bonds is 53. The van der Waals surface area contributed by atoms with Crippen molar-refractivity contribution >= 4 is 55.4 Å². The molecular weight excluding hydrogens is 1030 g/mol. The van der Waals surface area contributed by atoms with Gasteiger partial charge in [-0.1, -0.05) is 117 Å². The molecule has 73 heavy (non-hydrogen) atoms. The Morgan fingerprint density at radius 1 is 0.247 bits per heavy atom. The molecule has 0 atom stereocenters. The number of unbranched alkanes of at least 4 members (excludes halogenated alkanes) is 36. The van der Waals surface area contributed by atoms with E-state index in [1.165, 1.54) is 141 Å². The van der Waals surface area contributed by atoms with E-state index < -0.39 is 55.4 Å². The molecule has 0 saturated carbocycles. The molecule has 0 unspecified atom stereocenters. The van der Waals surface area contributed by atoms with E-state index in [-0.39, 0.29) is 24.3 Å². The minimum Gasteiger partial charge on any atom is -0.0654 e. The predicted molar refractivity (Wildman–Crippen MR) is 297 cm³/mol. The van der Waals surface area contributed by atoms with Crippen LogP contribution in [0.1, 0.15) is 285 Å². The van der Waals surface area contributed by atoms with Gasteiger partial charge in [0.2, 0.25) is 0 Å². The predicted octanol–water partition coefficient (Wildman–Crippen LogP) is 16.5. The molecule has 0 heterocycles. The van der Waals surface area contributed by atoms with Gasteiger partial charge in [-0.25, -0.2) is 0 Å². The fourth-order valence-electron chi connectivity index (χ4n) is 8.45. The Balaban J connectivity index is 5.80. The van der Waals surface area contributed by atoms with E-state index >= 15 is 0 Å². The first kappa shape index (κ1) is 69.8. The molecule has 12 nitrogen and oxygen atoms in total. The van der Waals surface area contributed by atoms with Crippen LogP contribution in [0.4, 0.5) is 0 Å². The van der Waals surface area contributed by atoms with Crippen molar-refractivity contribution in [2.75, 3.05) is 19.8 Å². The molecule has 0 rings (SSSR count).